The first-order valence-corrected chi connectivity index (χ1v) is 14.0. The van der Waals surface area contributed by atoms with Gasteiger partial charge in [0.2, 0.25) is 0 Å². The maximum absolute atomic E-state index is 12.6. The highest BCUT2D eigenvalue weighted by Gasteiger charge is 2.21. The highest BCUT2D eigenvalue weighted by atomic mass is 16.5. The lowest BCUT2D eigenvalue weighted by atomic mass is 9.95. The number of carbonyl (C=O) groups is 1. The number of ether oxygens (including phenoxy) is 1. The van der Waals surface area contributed by atoms with Crippen LogP contribution >= 0.6 is 0 Å². The van der Waals surface area contributed by atoms with Crippen molar-refractivity contribution in [1.29, 1.82) is 0 Å². The Morgan fingerprint density at radius 2 is 1.79 bits per heavy atom. The minimum atomic E-state index is -0.372. The molecule has 39 heavy (non-hydrogen) atoms. The van der Waals surface area contributed by atoms with Gasteiger partial charge in [-0.3, -0.25) is 19.3 Å². The van der Waals surface area contributed by atoms with E-state index < -0.39 is 0 Å². The molecule has 0 amide bonds. The number of aromatic nitrogens is 4. The SMILES string of the molecule is CCOC(=O)C[C@@H](c1ccc(=O)n(Cc2ccccc2)c1)n1ccc(CCCc2ccc3c(n2)CCCC3)n1. The van der Waals surface area contributed by atoms with Gasteiger partial charge in [-0.15, -0.1) is 0 Å². The van der Waals surface area contributed by atoms with E-state index >= 15 is 0 Å². The van der Waals surface area contributed by atoms with Crippen LogP contribution in [0.2, 0.25) is 0 Å². The smallest absolute Gasteiger partial charge is 0.308 e. The van der Waals surface area contributed by atoms with Gasteiger partial charge < -0.3 is 9.30 Å². The minimum absolute atomic E-state index is 0.0885. The number of rotatable bonds is 11. The number of esters is 1. The summed E-state index contributed by atoms with van der Waals surface area (Å²) in [6, 6.07) is 19.3. The van der Waals surface area contributed by atoms with E-state index in [0.29, 0.717) is 13.2 Å². The summed E-state index contributed by atoms with van der Waals surface area (Å²) in [6.45, 7) is 2.58. The Morgan fingerprint density at radius 1 is 0.974 bits per heavy atom. The van der Waals surface area contributed by atoms with E-state index in [9.17, 15) is 9.59 Å². The Balaban J connectivity index is 1.31. The number of pyridine rings is 2. The molecule has 0 spiro atoms. The van der Waals surface area contributed by atoms with Crippen LogP contribution in [0.1, 0.15) is 72.4 Å². The zero-order valence-electron chi connectivity index (χ0n) is 22.6. The van der Waals surface area contributed by atoms with Crippen LogP contribution < -0.4 is 5.56 Å². The Labute approximate surface area is 229 Å². The van der Waals surface area contributed by atoms with Crippen molar-refractivity contribution in [2.24, 2.45) is 0 Å². The van der Waals surface area contributed by atoms with Gasteiger partial charge in [-0.1, -0.05) is 36.4 Å². The second kappa shape index (κ2) is 12.7. The van der Waals surface area contributed by atoms with Crippen molar-refractivity contribution in [1.82, 2.24) is 19.3 Å². The first-order chi connectivity index (χ1) is 19.1. The van der Waals surface area contributed by atoms with E-state index in [4.69, 9.17) is 14.8 Å². The Kier molecular flexibility index (Phi) is 8.66. The van der Waals surface area contributed by atoms with Gasteiger partial charge in [-0.25, -0.2) is 0 Å². The summed E-state index contributed by atoms with van der Waals surface area (Å²) >= 11 is 0. The summed E-state index contributed by atoms with van der Waals surface area (Å²) in [4.78, 5) is 30.1. The fraction of sp³-hybridized carbons (Fsp3) is 0.375. The highest BCUT2D eigenvalue weighted by molar-refractivity contribution is 5.70. The Bertz CT molecular complexity index is 1460. The number of benzene rings is 1. The quantitative estimate of drug-likeness (QED) is 0.256. The zero-order valence-corrected chi connectivity index (χ0v) is 22.6. The average molecular weight is 525 g/mol. The maximum atomic E-state index is 12.6. The maximum Gasteiger partial charge on any atom is 0.308 e. The second-order valence-electron chi connectivity index (χ2n) is 10.2. The van der Waals surface area contributed by atoms with Crippen molar-refractivity contribution in [3.63, 3.8) is 0 Å². The van der Waals surface area contributed by atoms with Crippen molar-refractivity contribution in [2.45, 2.75) is 70.9 Å². The van der Waals surface area contributed by atoms with Gasteiger partial charge in [-0.05, 0) is 86.8 Å². The molecule has 5 rings (SSSR count). The predicted molar refractivity (Wildman–Crippen MR) is 151 cm³/mol. The number of aryl methyl sites for hydroxylation is 4. The van der Waals surface area contributed by atoms with Crippen molar-refractivity contribution < 1.29 is 9.53 Å². The largest absolute Gasteiger partial charge is 0.466 e. The summed E-state index contributed by atoms with van der Waals surface area (Å²) < 4.78 is 8.78. The van der Waals surface area contributed by atoms with Gasteiger partial charge in [0, 0.05) is 29.8 Å². The normalized spacial score (nSPS) is 13.6. The standard InChI is InChI=1S/C32H36N4O3/c1-2-39-32(38)21-30(26-16-18-31(37)35(23-26)22-24-9-4-3-5-10-24)36-20-19-28(34-36)13-8-12-27-17-15-25-11-6-7-14-29(25)33-27/h3-5,9-10,15-20,23,30H,2,6-8,11-14,21-22H2,1H3/t30-/m0/s1. The minimum Gasteiger partial charge on any atom is -0.466 e. The molecule has 7 nitrogen and oxygen atoms in total. The lowest BCUT2D eigenvalue weighted by Crippen LogP contribution is -2.23. The molecule has 1 atom stereocenters. The van der Waals surface area contributed by atoms with Gasteiger partial charge in [0.1, 0.15) is 0 Å². The molecule has 0 aliphatic heterocycles. The van der Waals surface area contributed by atoms with Crippen LogP contribution in [0.4, 0.5) is 0 Å². The molecule has 3 heterocycles. The molecule has 0 bridgehead atoms. The molecule has 0 radical (unpaired) electrons. The molecule has 0 unspecified atom stereocenters. The van der Waals surface area contributed by atoms with Crippen LogP contribution in [-0.2, 0) is 41.8 Å². The van der Waals surface area contributed by atoms with E-state index in [1.165, 1.54) is 24.1 Å². The number of hydrogen-bond donors (Lipinski definition) is 0. The topological polar surface area (TPSA) is 79.0 Å². The number of hydrogen-bond acceptors (Lipinski definition) is 5. The summed E-state index contributed by atoms with van der Waals surface area (Å²) in [6.07, 6.45) is 11.3. The van der Waals surface area contributed by atoms with Crippen LogP contribution in [0.5, 0.6) is 0 Å². The highest BCUT2D eigenvalue weighted by Crippen LogP contribution is 2.23. The Hall–Kier alpha value is -4.00. The van der Waals surface area contributed by atoms with E-state index in [0.717, 1.165) is 54.6 Å². The van der Waals surface area contributed by atoms with Crippen LogP contribution in [-0.4, -0.2) is 31.9 Å². The predicted octanol–water partition coefficient (Wildman–Crippen LogP) is 5.08. The lowest BCUT2D eigenvalue weighted by Gasteiger charge is -2.19. The molecule has 202 valence electrons. The third kappa shape index (κ3) is 6.91. The molecule has 1 aromatic carbocycles. The van der Waals surface area contributed by atoms with Crippen molar-refractivity contribution in [3.8, 4) is 0 Å². The molecular formula is C32H36N4O3. The molecule has 1 aliphatic carbocycles. The number of carbonyl (C=O) groups excluding carboxylic acids is 1. The molecule has 4 aromatic rings. The summed E-state index contributed by atoms with van der Waals surface area (Å²) in [5.41, 5.74) is 6.59. The van der Waals surface area contributed by atoms with E-state index in [2.05, 4.69) is 12.1 Å². The van der Waals surface area contributed by atoms with E-state index in [1.807, 2.05) is 53.5 Å². The summed E-state index contributed by atoms with van der Waals surface area (Å²) in [5.74, 6) is -0.293. The molecule has 7 heteroatoms. The monoisotopic (exact) mass is 524 g/mol. The summed E-state index contributed by atoms with van der Waals surface area (Å²) in [7, 11) is 0. The van der Waals surface area contributed by atoms with Crippen molar-refractivity contribution in [3.05, 3.63) is 117 Å². The first-order valence-electron chi connectivity index (χ1n) is 14.0. The molecule has 0 fully saturated rings. The zero-order chi connectivity index (χ0) is 27.0. The molecule has 0 saturated heterocycles. The third-order valence-electron chi connectivity index (χ3n) is 7.34. The molecule has 0 N–H and O–H groups in total. The van der Waals surface area contributed by atoms with Crippen molar-refractivity contribution >= 4 is 5.97 Å². The van der Waals surface area contributed by atoms with Crippen LogP contribution in [0, 0.1) is 0 Å². The number of fused-ring (bicyclic) bond motifs is 1. The van der Waals surface area contributed by atoms with Gasteiger partial charge in [-0.2, -0.15) is 5.10 Å². The van der Waals surface area contributed by atoms with Gasteiger partial charge in [0.05, 0.1) is 31.3 Å². The average Bonchev–Trinajstić information content (AvgIpc) is 3.42. The second-order valence-corrected chi connectivity index (χ2v) is 10.2. The number of nitrogens with zero attached hydrogens (tertiary/aromatic N) is 4. The molecular weight excluding hydrogens is 488 g/mol. The van der Waals surface area contributed by atoms with Crippen LogP contribution in [0.25, 0.3) is 0 Å². The van der Waals surface area contributed by atoms with Crippen LogP contribution in [0.15, 0.2) is 77.9 Å². The van der Waals surface area contributed by atoms with Crippen molar-refractivity contribution in [2.75, 3.05) is 6.61 Å². The van der Waals surface area contributed by atoms with E-state index in [-0.39, 0.29) is 24.0 Å². The lowest BCUT2D eigenvalue weighted by molar-refractivity contribution is -0.143. The molecule has 1 aliphatic rings. The Morgan fingerprint density at radius 3 is 2.64 bits per heavy atom. The fourth-order valence-electron chi connectivity index (χ4n) is 5.29. The first kappa shape index (κ1) is 26.6. The fourth-order valence-corrected chi connectivity index (χ4v) is 5.29. The van der Waals surface area contributed by atoms with Gasteiger partial charge in [0.15, 0.2) is 0 Å². The van der Waals surface area contributed by atoms with E-state index in [1.54, 1.807) is 23.6 Å². The molecule has 0 saturated carbocycles. The summed E-state index contributed by atoms with van der Waals surface area (Å²) in [5, 5.41) is 4.84. The van der Waals surface area contributed by atoms with Gasteiger partial charge in [0.25, 0.3) is 5.56 Å². The molecule has 3 aromatic heterocycles. The van der Waals surface area contributed by atoms with Crippen LogP contribution in [0.3, 0.4) is 0 Å². The third-order valence-corrected chi connectivity index (χ3v) is 7.34. The van der Waals surface area contributed by atoms with Gasteiger partial charge >= 0.3 is 5.97 Å².